The Morgan fingerprint density at radius 2 is 1.88 bits per heavy atom. The molecule has 0 spiro atoms. The molecule has 1 aromatic heterocycles. The highest BCUT2D eigenvalue weighted by atomic mass is 127. The van der Waals surface area contributed by atoms with Gasteiger partial charge in [0.15, 0.2) is 0 Å². The van der Waals surface area contributed by atoms with E-state index in [1.165, 1.54) is 6.07 Å². The fourth-order valence-corrected chi connectivity index (χ4v) is 2.06. The van der Waals surface area contributed by atoms with E-state index in [1.807, 2.05) is 0 Å². The van der Waals surface area contributed by atoms with E-state index in [-0.39, 0.29) is 0 Å². The Hall–Kier alpha value is -1.11. The van der Waals surface area contributed by atoms with Gasteiger partial charge in [-0.15, -0.1) is 0 Å². The van der Waals surface area contributed by atoms with Crippen LogP contribution in [0.25, 0.3) is 11.1 Å². The second kappa shape index (κ2) is 4.64. The summed E-state index contributed by atoms with van der Waals surface area (Å²) in [6, 6.07) is 7.01. The lowest BCUT2D eigenvalue weighted by Crippen LogP contribution is -2.04. The minimum atomic E-state index is -4.32. The van der Waals surface area contributed by atoms with Crippen LogP contribution in [0.3, 0.4) is 0 Å². The molecule has 17 heavy (non-hydrogen) atoms. The van der Waals surface area contributed by atoms with Crippen molar-refractivity contribution in [2.75, 3.05) is 0 Å². The summed E-state index contributed by atoms with van der Waals surface area (Å²) in [4.78, 5) is 3.93. The molecular weight excluding hydrogens is 342 g/mol. The second-order valence-corrected chi connectivity index (χ2v) is 4.60. The van der Waals surface area contributed by atoms with Gasteiger partial charge in [-0.3, -0.25) is 4.98 Å². The molecule has 0 fully saturated rings. The van der Waals surface area contributed by atoms with Crippen LogP contribution in [0.1, 0.15) is 5.56 Å². The standard InChI is InChI=1S/C12H7F3IN/c13-12(14,15)9-3-1-2-8(6-9)10-7-17-5-4-11(10)16/h1-7H. The molecule has 0 saturated heterocycles. The quantitative estimate of drug-likeness (QED) is 0.697. The molecule has 0 radical (unpaired) electrons. The summed E-state index contributed by atoms with van der Waals surface area (Å²) in [7, 11) is 0. The van der Waals surface area contributed by atoms with E-state index in [2.05, 4.69) is 27.6 Å². The summed E-state index contributed by atoms with van der Waals surface area (Å²) < 4.78 is 38.6. The topological polar surface area (TPSA) is 12.9 Å². The number of hydrogen-bond donors (Lipinski definition) is 0. The third-order valence-corrected chi connectivity index (χ3v) is 3.21. The summed E-state index contributed by atoms with van der Waals surface area (Å²) in [6.07, 6.45) is -1.14. The van der Waals surface area contributed by atoms with Gasteiger partial charge in [-0.25, -0.2) is 0 Å². The molecule has 0 aliphatic heterocycles. The Balaban J connectivity index is 2.51. The number of halogens is 4. The van der Waals surface area contributed by atoms with E-state index in [9.17, 15) is 13.2 Å². The largest absolute Gasteiger partial charge is 0.416 e. The van der Waals surface area contributed by atoms with Crippen LogP contribution in [-0.2, 0) is 6.18 Å². The Kier molecular flexibility index (Phi) is 3.37. The van der Waals surface area contributed by atoms with Crippen molar-refractivity contribution in [2.24, 2.45) is 0 Å². The SMILES string of the molecule is FC(F)(F)c1cccc(-c2cnccc2I)c1. The van der Waals surface area contributed by atoms with Gasteiger partial charge < -0.3 is 0 Å². The van der Waals surface area contributed by atoms with Crippen LogP contribution in [0.15, 0.2) is 42.7 Å². The molecule has 1 heterocycles. The minimum Gasteiger partial charge on any atom is -0.264 e. The maximum Gasteiger partial charge on any atom is 0.416 e. The number of rotatable bonds is 1. The Morgan fingerprint density at radius 1 is 1.12 bits per heavy atom. The van der Waals surface area contributed by atoms with E-state index >= 15 is 0 Å². The van der Waals surface area contributed by atoms with E-state index in [0.717, 1.165) is 15.7 Å². The highest BCUT2D eigenvalue weighted by Gasteiger charge is 2.30. The van der Waals surface area contributed by atoms with E-state index in [1.54, 1.807) is 24.5 Å². The molecule has 0 amide bonds. The molecule has 0 aliphatic rings. The molecule has 2 rings (SSSR count). The van der Waals surface area contributed by atoms with Crippen LogP contribution < -0.4 is 0 Å². The van der Waals surface area contributed by atoms with Gasteiger partial charge in [0, 0.05) is 21.5 Å². The first kappa shape index (κ1) is 12.3. The highest BCUT2D eigenvalue weighted by molar-refractivity contribution is 14.1. The molecule has 1 nitrogen and oxygen atoms in total. The molecule has 2 aromatic rings. The normalized spacial score (nSPS) is 11.5. The number of pyridine rings is 1. The first-order chi connectivity index (χ1) is 7.98. The van der Waals surface area contributed by atoms with Gasteiger partial charge in [0.2, 0.25) is 0 Å². The third kappa shape index (κ3) is 2.77. The molecule has 5 heteroatoms. The minimum absolute atomic E-state index is 0.525. The molecule has 0 bridgehead atoms. The molecule has 0 atom stereocenters. The van der Waals surface area contributed by atoms with Crippen LogP contribution in [0.4, 0.5) is 13.2 Å². The van der Waals surface area contributed by atoms with Gasteiger partial charge in [0.25, 0.3) is 0 Å². The lowest BCUT2D eigenvalue weighted by molar-refractivity contribution is -0.137. The number of benzene rings is 1. The molecule has 0 N–H and O–H groups in total. The van der Waals surface area contributed by atoms with Gasteiger partial charge >= 0.3 is 6.18 Å². The van der Waals surface area contributed by atoms with Crippen LogP contribution in [0.5, 0.6) is 0 Å². The van der Waals surface area contributed by atoms with Crippen molar-refractivity contribution >= 4 is 22.6 Å². The fraction of sp³-hybridized carbons (Fsp3) is 0.0833. The zero-order valence-electron chi connectivity index (χ0n) is 8.50. The van der Waals surface area contributed by atoms with Crippen LogP contribution in [-0.4, -0.2) is 4.98 Å². The van der Waals surface area contributed by atoms with Crippen molar-refractivity contribution in [3.8, 4) is 11.1 Å². The third-order valence-electron chi connectivity index (χ3n) is 2.27. The average molecular weight is 349 g/mol. The summed E-state index contributed by atoms with van der Waals surface area (Å²) in [6.45, 7) is 0. The lowest BCUT2D eigenvalue weighted by atomic mass is 10.0. The maximum atomic E-state index is 12.6. The molecule has 0 saturated carbocycles. The van der Waals surface area contributed by atoms with E-state index in [0.29, 0.717) is 11.1 Å². The molecular formula is C12H7F3IN. The van der Waals surface area contributed by atoms with Crippen molar-refractivity contribution in [3.05, 3.63) is 51.9 Å². The van der Waals surface area contributed by atoms with Crippen LogP contribution in [0.2, 0.25) is 0 Å². The van der Waals surface area contributed by atoms with Gasteiger partial charge in [-0.2, -0.15) is 13.2 Å². The molecule has 0 unspecified atom stereocenters. The Bertz CT molecular complexity index is 537. The Labute approximate surface area is 110 Å². The molecule has 0 aliphatic carbocycles. The van der Waals surface area contributed by atoms with Crippen LogP contribution >= 0.6 is 22.6 Å². The number of hydrogen-bond acceptors (Lipinski definition) is 1. The van der Waals surface area contributed by atoms with Crippen molar-refractivity contribution in [3.63, 3.8) is 0 Å². The predicted octanol–water partition coefficient (Wildman–Crippen LogP) is 4.37. The van der Waals surface area contributed by atoms with E-state index in [4.69, 9.17) is 0 Å². The number of alkyl halides is 3. The molecule has 1 aromatic carbocycles. The summed E-state index contributed by atoms with van der Waals surface area (Å²) in [5.74, 6) is 0. The number of nitrogens with zero attached hydrogens (tertiary/aromatic N) is 1. The highest BCUT2D eigenvalue weighted by Crippen LogP contribution is 2.33. The summed E-state index contributed by atoms with van der Waals surface area (Å²) >= 11 is 2.08. The summed E-state index contributed by atoms with van der Waals surface area (Å²) in [5, 5.41) is 0. The van der Waals surface area contributed by atoms with Crippen molar-refractivity contribution in [1.82, 2.24) is 4.98 Å². The zero-order valence-corrected chi connectivity index (χ0v) is 10.7. The lowest BCUT2D eigenvalue weighted by Gasteiger charge is -2.09. The second-order valence-electron chi connectivity index (χ2n) is 3.43. The van der Waals surface area contributed by atoms with Crippen molar-refractivity contribution < 1.29 is 13.2 Å². The Morgan fingerprint density at radius 3 is 2.53 bits per heavy atom. The first-order valence-electron chi connectivity index (χ1n) is 4.75. The van der Waals surface area contributed by atoms with Gasteiger partial charge in [-0.1, -0.05) is 12.1 Å². The van der Waals surface area contributed by atoms with Gasteiger partial charge in [0.1, 0.15) is 0 Å². The summed E-state index contributed by atoms with van der Waals surface area (Å²) in [5.41, 5.74) is 0.589. The monoisotopic (exact) mass is 349 g/mol. The zero-order chi connectivity index (χ0) is 12.5. The van der Waals surface area contributed by atoms with Crippen LogP contribution in [0, 0.1) is 3.57 Å². The average Bonchev–Trinajstić information content (AvgIpc) is 2.29. The first-order valence-corrected chi connectivity index (χ1v) is 5.83. The van der Waals surface area contributed by atoms with Gasteiger partial charge in [-0.05, 0) is 46.4 Å². The number of aromatic nitrogens is 1. The van der Waals surface area contributed by atoms with Crippen molar-refractivity contribution in [2.45, 2.75) is 6.18 Å². The fourth-order valence-electron chi connectivity index (χ4n) is 1.45. The van der Waals surface area contributed by atoms with Gasteiger partial charge in [0.05, 0.1) is 5.56 Å². The maximum absolute atomic E-state index is 12.6. The predicted molar refractivity (Wildman–Crippen MR) is 67.4 cm³/mol. The molecule has 88 valence electrons. The smallest absolute Gasteiger partial charge is 0.264 e. The van der Waals surface area contributed by atoms with Crippen molar-refractivity contribution in [1.29, 1.82) is 0 Å². The van der Waals surface area contributed by atoms with E-state index < -0.39 is 11.7 Å².